The lowest BCUT2D eigenvalue weighted by Gasteiger charge is -2.32. The molecule has 3 aromatic rings. The normalized spacial score (nSPS) is 14.3. The Labute approximate surface area is 207 Å². The van der Waals surface area contributed by atoms with E-state index >= 15 is 0 Å². The van der Waals surface area contributed by atoms with Crippen LogP contribution in [0.1, 0.15) is 55.1 Å². The Hall–Kier alpha value is -3.09. The van der Waals surface area contributed by atoms with Gasteiger partial charge in [-0.1, -0.05) is 34.5 Å². The fraction of sp³-hybridized carbons (Fsp3) is 0.350. The molecule has 0 radical (unpaired) electrons. The highest BCUT2D eigenvalue weighted by molar-refractivity contribution is 7.17. The van der Waals surface area contributed by atoms with Crippen molar-refractivity contribution in [2.45, 2.75) is 32.4 Å². The average Bonchev–Trinajstić information content (AvgIpc) is 3.55. The van der Waals surface area contributed by atoms with Crippen LogP contribution in [0, 0.1) is 6.92 Å². The van der Waals surface area contributed by atoms with Gasteiger partial charge in [0.1, 0.15) is 16.8 Å². The molecule has 11 nitrogen and oxygen atoms in total. The molecule has 1 aliphatic rings. The number of aryl methyl sites for hydroxylation is 1. The van der Waals surface area contributed by atoms with Crippen molar-refractivity contribution < 1.29 is 23.9 Å². The molecule has 34 heavy (non-hydrogen) atoms. The number of rotatable bonds is 7. The molecule has 0 saturated carbocycles. The monoisotopic (exact) mass is 526 g/mol. The van der Waals surface area contributed by atoms with Crippen LogP contribution in [0.5, 0.6) is 0 Å². The number of amides is 2. The summed E-state index contributed by atoms with van der Waals surface area (Å²) in [7, 11) is 0. The zero-order valence-corrected chi connectivity index (χ0v) is 20.2. The highest BCUT2D eigenvalue weighted by atomic mass is 35.5. The van der Waals surface area contributed by atoms with Gasteiger partial charge in [-0.2, -0.15) is 0 Å². The standard InChI is InChI=1S/C20H20Cl2N6O5S/c1-9-12(21)13(22)14(25-9)18(30)26-10-2-5-28(6-3-10)20-27-15(16(34-20)19(31)32)17(29)24-8-11-23-4-7-33-11/h4,7,10,25H,2-3,5-6,8H2,1H3,(H,24,29)(H,26,30)(H,31,32). The maximum Gasteiger partial charge on any atom is 0.348 e. The molecular formula is C20H20Cl2N6O5S. The Morgan fingerprint density at radius 1 is 1.26 bits per heavy atom. The Kier molecular flexibility index (Phi) is 7.10. The van der Waals surface area contributed by atoms with Gasteiger partial charge < -0.3 is 30.0 Å². The Bertz CT molecular complexity index is 1220. The van der Waals surface area contributed by atoms with E-state index in [0.717, 1.165) is 11.3 Å². The van der Waals surface area contributed by atoms with Crippen LogP contribution in [-0.4, -0.2) is 57.0 Å². The molecule has 4 N–H and O–H groups in total. The van der Waals surface area contributed by atoms with E-state index in [-0.39, 0.29) is 39.8 Å². The fourth-order valence-electron chi connectivity index (χ4n) is 3.52. The van der Waals surface area contributed by atoms with Gasteiger partial charge in [0, 0.05) is 24.8 Å². The van der Waals surface area contributed by atoms with Crippen LogP contribution in [0.25, 0.3) is 0 Å². The second kappa shape index (κ2) is 10.0. The van der Waals surface area contributed by atoms with Crippen LogP contribution in [0.2, 0.25) is 10.0 Å². The summed E-state index contributed by atoms with van der Waals surface area (Å²) >= 11 is 13.1. The largest absolute Gasteiger partial charge is 0.477 e. The van der Waals surface area contributed by atoms with E-state index in [9.17, 15) is 19.5 Å². The van der Waals surface area contributed by atoms with Gasteiger partial charge in [0.15, 0.2) is 10.8 Å². The highest BCUT2D eigenvalue weighted by Crippen LogP contribution is 2.31. The predicted octanol–water partition coefficient (Wildman–Crippen LogP) is 3.10. The lowest BCUT2D eigenvalue weighted by atomic mass is 10.1. The van der Waals surface area contributed by atoms with Crippen molar-refractivity contribution in [2.75, 3.05) is 18.0 Å². The zero-order chi connectivity index (χ0) is 24.4. The number of thiazole rings is 1. The second-order valence-corrected chi connectivity index (χ2v) is 9.31. The topological polar surface area (TPSA) is 153 Å². The maximum absolute atomic E-state index is 12.6. The summed E-state index contributed by atoms with van der Waals surface area (Å²) in [6.07, 6.45) is 4.02. The van der Waals surface area contributed by atoms with Crippen molar-refractivity contribution in [1.29, 1.82) is 0 Å². The number of anilines is 1. The lowest BCUT2D eigenvalue weighted by Crippen LogP contribution is -2.44. The maximum atomic E-state index is 12.6. The van der Waals surface area contributed by atoms with Gasteiger partial charge in [-0.25, -0.2) is 14.8 Å². The number of halogens is 2. The number of carbonyl (C=O) groups excluding carboxylic acids is 2. The molecule has 4 heterocycles. The van der Waals surface area contributed by atoms with E-state index in [1.165, 1.54) is 12.5 Å². The number of nitrogens with zero attached hydrogens (tertiary/aromatic N) is 3. The minimum absolute atomic E-state index is 0.0123. The minimum Gasteiger partial charge on any atom is -0.477 e. The van der Waals surface area contributed by atoms with Crippen LogP contribution in [0.4, 0.5) is 5.13 Å². The summed E-state index contributed by atoms with van der Waals surface area (Å²) < 4.78 is 5.06. The Morgan fingerprint density at radius 2 is 2.00 bits per heavy atom. The molecule has 0 aliphatic carbocycles. The third-order valence-corrected chi connectivity index (χ3v) is 7.34. The number of carboxylic acids is 1. The van der Waals surface area contributed by atoms with Crippen molar-refractivity contribution >= 4 is 57.5 Å². The Balaban J connectivity index is 1.38. The summed E-state index contributed by atoms with van der Waals surface area (Å²) in [5.41, 5.74) is 0.672. The number of hydrogen-bond donors (Lipinski definition) is 4. The SMILES string of the molecule is Cc1[nH]c(C(=O)NC2CCN(c3nc(C(=O)NCc4ncco4)c(C(=O)O)s3)CC2)c(Cl)c1Cl. The molecule has 0 atom stereocenters. The third-order valence-electron chi connectivity index (χ3n) is 5.29. The van der Waals surface area contributed by atoms with Crippen molar-refractivity contribution in [3.8, 4) is 0 Å². The van der Waals surface area contributed by atoms with Crippen LogP contribution < -0.4 is 15.5 Å². The molecular weight excluding hydrogens is 507 g/mol. The molecule has 0 spiro atoms. The quantitative estimate of drug-likeness (QED) is 0.366. The number of oxazole rings is 1. The summed E-state index contributed by atoms with van der Waals surface area (Å²) in [5, 5.41) is 16.0. The van der Waals surface area contributed by atoms with Gasteiger partial charge in [0.25, 0.3) is 11.8 Å². The fourth-order valence-corrected chi connectivity index (χ4v) is 4.89. The molecule has 0 aromatic carbocycles. The molecule has 14 heteroatoms. The molecule has 2 amide bonds. The lowest BCUT2D eigenvalue weighted by molar-refractivity contribution is 0.0695. The van der Waals surface area contributed by atoms with E-state index in [0.29, 0.717) is 47.7 Å². The molecule has 4 rings (SSSR count). The summed E-state index contributed by atoms with van der Waals surface area (Å²) in [6.45, 7) is 2.78. The molecule has 3 aromatic heterocycles. The van der Waals surface area contributed by atoms with E-state index in [4.69, 9.17) is 27.6 Å². The first-order valence-electron chi connectivity index (χ1n) is 10.2. The Morgan fingerprint density at radius 3 is 2.59 bits per heavy atom. The number of aromatic nitrogens is 3. The minimum atomic E-state index is -1.23. The molecule has 1 aliphatic heterocycles. The van der Waals surface area contributed by atoms with Crippen molar-refractivity contribution in [2.24, 2.45) is 0 Å². The predicted molar refractivity (Wildman–Crippen MR) is 125 cm³/mol. The number of hydrogen-bond acceptors (Lipinski definition) is 8. The first kappa shape index (κ1) is 24.0. The molecule has 0 unspecified atom stereocenters. The second-order valence-electron chi connectivity index (χ2n) is 7.58. The van der Waals surface area contributed by atoms with Gasteiger partial charge in [-0.3, -0.25) is 9.59 Å². The number of aromatic amines is 1. The van der Waals surface area contributed by atoms with Crippen LogP contribution >= 0.6 is 34.5 Å². The number of nitrogens with one attached hydrogen (secondary N) is 3. The molecule has 1 fully saturated rings. The number of carbonyl (C=O) groups is 3. The smallest absolute Gasteiger partial charge is 0.348 e. The number of aromatic carboxylic acids is 1. The van der Waals surface area contributed by atoms with E-state index in [2.05, 4.69) is 25.6 Å². The van der Waals surface area contributed by atoms with Gasteiger partial charge in [0.2, 0.25) is 5.89 Å². The van der Waals surface area contributed by atoms with E-state index in [1.807, 2.05) is 4.90 Å². The summed E-state index contributed by atoms with van der Waals surface area (Å²) in [5.74, 6) is -1.91. The van der Waals surface area contributed by atoms with Crippen LogP contribution in [-0.2, 0) is 6.54 Å². The first-order chi connectivity index (χ1) is 16.2. The average molecular weight is 527 g/mol. The summed E-state index contributed by atoms with van der Waals surface area (Å²) in [6, 6.07) is -0.107. The molecule has 1 saturated heterocycles. The van der Waals surface area contributed by atoms with Gasteiger partial charge in [0.05, 0.1) is 22.8 Å². The zero-order valence-electron chi connectivity index (χ0n) is 17.9. The third kappa shape index (κ3) is 5.03. The van der Waals surface area contributed by atoms with Crippen molar-refractivity contribution in [1.82, 2.24) is 25.6 Å². The first-order valence-corrected chi connectivity index (χ1v) is 11.8. The van der Waals surface area contributed by atoms with Gasteiger partial charge >= 0.3 is 5.97 Å². The van der Waals surface area contributed by atoms with E-state index in [1.54, 1.807) is 6.92 Å². The van der Waals surface area contributed by atoms with Gasteiger partial charge in [-0.15, -0.1) is 0 Å². The van der Waals surface area contributed by atoms with E-state index < -0.39 is 11.9 Å². The number of H-pyrrole nitrogens is 1. The van der Waals surface area contributed by atoms with Crippen molar-refractivity contribution in [3.05, 3.63) is 50.4 Å². The van der Waals surface area contributed by atoms with Crippen LogP contribution in [0.3, 0.4) is 0 Å². The van der Waals surface area contributed by atoms with Gasteiger partial charge in [-0.05, 0) is 19.8 Å². The molecule has 180 valence electrons. The summed E-state index contributed by atoms with van der Waals surface area (Å²) in [4.78, 5) is 49.6. The number of carboxylic acid groups (broad SMARTS) is 1. The van der Waals surface area contributed by atoms with Crippen molar-refractivity contribution in [3.63, 3.8) is 0 Å². The molecule has 0 bridgehead atoms. The van der Waals surface area contributed by atoms with Crippen LogP contribution in [0.15, 0.2) is 16.9 Å². The number of piperidine rings is 1. The highest BCUT2D eigenvalue weighted by Gasteiger charge is 2.29.